The molecular weight excluding hydrogens is 226 g/mol. The molecule has 1 rings (SSSR count). The second-order valence-corrected chi connectivity index (χ2v) is 6.05. The van der Waals surface area contributed by atoms with Gasteiger partial charge in [0.15, 0.2) is 0 Å². The number of rotatable bonds is 5. The van der Waals surface area contributed by atoms with Crippen LogP contribution in [0.15, 0.2) is 0 Å². The van der Waals surface area contributed by atoms with Gasteiger partial charge in [-0.15, -0.1) is 11.6 Å². The molecule has 0 saturated carbocycles. The second kappa shape index (κ2) is 4.79. The lowest BCUT2D eigenvalue weighted by Crippen LogP contribution is -2.47. The summed E-state index contributed by atoms with van der Waals surface area (Å²) in [6.45, 7) is 2.93. The monoisotopic (exact) mass is 241 g/mol. The largest absolute Gasteiger partial charge is 0.379 e. The molecule has 6 heteroatoms. The van der Waals surface area contributed by atoms with E-state index in [9.17, 15) is 8.42 Å². The molecule has 0 aromatic carbocycles. The minimum atomic E-state index is -3.20. The van der Waals surface area contributed by atoms with E-state index in [1.54, 1.807) is 0 Å². The fourth-order valence-electron chi connectivity index (χ4n) is 1.42. The van der Waals surface area contributed by atoms with E-state index in [0.29, 0.717) is 25.5 Å². The van der Waals surface area contributed by atoms with Crippen molar-refractivity contribution in [3.63, 3.8) is 0 Å². The van der Waals surface area contributed by atoms with E-state index < -0.39 is 15.6 Å². The molecule has 1 aliphatic rings. The molecule has 1 N–H and O–H groups in total. The maximum atomic E-state index is 11.5. The first-order chi connectivity index (χ1) is 6.47. The molecule has 1 fully saturated rings. The fraction of sp³-hybridized carbons (Fsp3) is 1.00. The lowest BCUT2D eigenvalue weighted by atomic mass is 10.0. The van der Waals surface area contributed by atoms with Crippen molar-refractivity contribution in [2.75, 3.05) is 24.8 Å². The van der Waals surface area contributed by atoms with Crippen LogP contribution in [0.5, 0.6) is 0 Å². The quantitative estimate of drug-likeness (QED) is 0.722. The summed E-state index contributed by atoms with van der Waals surface area (Å²) in [6.07, 6.45) is 1.21. The van der Waals surface area contributed by atoms with Crippen LogP contribution in [-0.4, -0.2) is 38.8 Å². The predicted octanol–water partition coefficient (Wildman–Crippen LogP) is 0.714. The number of sulfonamides is 1. The van der Waals surface area contributed by atoms with E-state index in [0.717, 1.165) is 6.42 Å². The normalized spacial score (nSPS) is 28.1. The van der Waals surface area contributed by atoms with Gasteiger partial charge in [0.1, 0.15) is 0 Å². The molecule has 1 heterocycles. The Labute approximate surface area is 90.0 Å². The van der Waals surface area contributed by atoms with Crippen molar-refractivity contribution < 1.29 is 13.2 Å². The second-order valence-electron chi connectivity index (χ2n) is 3.83. The van der Waals surface area contributed by atoms with Crippen molar-refractivity contribution in [2.24, 2.45) is 0 Å². The van der Waals surface area contributed by atoms with Crippen LogP contribution in [-0.2, 0) is 14.8 Å². The molecule has 0 bridgehead atoms. The highest BCUT2D eigenvalue weighted by molar-refractivity contribution is 7.89. The highest BCUT2D eigenvalue weighted by atomic mass is 35.5. The van der Waals surface area contributed by atoms with Gasteiger partial charge >= 0.3 is 0 Å². The van der Waals surface area contributed by atoms with Gasteiger partial charge in [-0.25, -0.2) is 13.1 Å². The van der Waals surface area contributed by atoms with Crippen LogP contribution in [0.2, 0.25) is 0 Å². The molecule has 0 radical (unpaired) electrons. The maximum absolute atomic E-state index is 11.5. The maximum Gasteiger partial charge on any atom is 0.212 e. The van der Waals surface area contributed by atoms with Gasteiger partial charge in [-0.1, -0.05) is 0 Å². The molecule has 0 aliphatic carbocycles. The Morgan fingerprint density at radius 3 is 2.79 bits per heavy atom. The average molecular weight is 242 g/mol. The van der Waals surface area contributed by atoms with Crippen molar-refractivity contribution in [3.05, 3.63) is 0 Å². The summed E-state index contributed by atoms with van der Waals surface area (Å²) in [7, 11) is -3.20. The van der Waals surface area contributed by atoms with Gasteiger partial charge in [-0.3, -0.25) is 0 Å². The zero-order valence-corrected chi connectivity index (χ0v) is 9.83. The SMILES string of the molecule is CC1(NS(=O)(=O)CCCCl)CCOC1. The third kappa shape index (κ3) is 3.73. The topological polar surface area (TPSA) is 55.4 Å². The van der Waals surface area contributed by atoms with Crippen molar-refractivity contribution >= 4 is 21.6 Å². The van der Waals surface area contributed by atoms with E-state index in [2.05, 4.69) is 4.72 Å². The number of halogens is 1. The molecule has 1 unspecified atom stereocenters. The van der Waals surface area contributed by atoms with Gasteiger partial charge in [-0.2, -0.15) is 0 Å². The Balaban J connectivity index is 2.49. The summed E-state index contributed by atoms with van der Waals surface area (Å²) in [5.41, 5.74) is -0.425. The molecule has 1 saturated heterocycles. The summed E-state index contributed by atoms with van der Waals surface area (Å²) in [4.78, 5) is 0. The molecule has 0 aromatic heterocycles. The van der Waals surface area contributed by atoms with Gasteiger partial charge in [0.2, 0.25) is 10.0 Å². The van der Waals surface area contributed by atoms with Crippen LogP contribution in [0.1, 0.15) is 19.8 Å². The van der Waals surface area contributed by atoms with Crippen molar-refractivity contribution in [2.45, 2.75) is 25.3 Å². The minimum absolute atomic E-state index is 0.0894. The molecule has 1 aliphatic heterocycles. The molecule has 14 heavy (non-hydrogen) atoms. The van der Waals surface area contributed by atoms with Crippen LogP contribution >= 0.6 is 11.6 Å². The average Bonchev–Trinajstić information content (AvgIpc) is 2.47. The molecule has 84 valence electrons. The van der Waals surface area contributed by atoms with Gasteiger partial charge in [0.05, 0.1) is 17.9 Å². The Kier molecular flexibility index (Phi) is 4.18. The summed E-state index contributed by atoms with van der Waals surface area (Å²) < 4.78 is 30.9. The Morgan fingerprint density at radius 2 is 2.29 bits per heavy atom. The van der Waals surface area contributed by atoms with Crippen molar-refractivity contribution in [1.82, 2.24) is 4.72 Å². The smallest absolute Gasteiger partial charge is 0.212 e. The summed E-state index contributed by atoms with van der Waals surface area (Å²) >= 11 is 5.44. The third-order valence-electron chi connectivity index (χ3n) is 2.17. The zero-order valence-electron chi connectivity index (χ0n) is 8.25. The fourth-order valence-corrected chi connectivity index (χ4v) is 3.25. The molecular formula is C8H16ClNO3S. The van der Waals surface area contributed by atoms with Gasteiger partial charge in [0, 0.05) is 12.5 Å². The van der Waals surface area contributed by atoms with Crippen molar-refractivity contribution in [1.29, 1.82) is 0 Å². The van der Waals surface area contributed by atoms with Gasteiger partial charge in [0.25, 0.3) is 0 Å². The Morgan fingerprint density at radius 1 is 1.57 bits per heavy atom. The summed E-state index contributed by atoms with van der Waals surface area (Å²) in [5, 5.41) is 0. The number of ether oxygens (including phenoxy) is 1. The van der Waals surface area contributed by atoms with Crippen LogP contribution in [0, 0.1) is 0 Å². The molecule has 0 spiro atoms. The van der Waals surface area contributed by atoms with Crippen LogP contribution in [0.25, 0.3) is 0 Å². The number of nitrogens with one attached hydrogen (secondary N) is 1. The highest BCUT2D eigenvalue weighted by Gasteiger charge is 2.33. The number of hydrogen-bond donors (Lipinski definition) is 1. The van der Waals surface area contributed by atoms with E-state index in [1.165, 1.54) is 0 Å². The van der Waals surface area contributed by atoms with Crippen LogP contribution < -0.4 is 4.72 Å². The van der Waals surface area contributed by atoms with Crippen LogP contribution in [0.4, 0.5) is 0 Å². The first-order valence-electron chi connectivity index (χ1n) is 4.63. The Hall–Kier alpha value is 0.160. The molecule has 1 atom stereocenters. The molecule has 4 nitrogen and oxygen atoms in total. The van der Waals surface area contributed by atoms with Gasteiger partial charge < -0.3 is 4.74 Å². The van der Waals surface area contributed by atoms with E-state index in [4.69, 9.17) is 16.3 Å². The summed E-state index contributed by atoms with van der Waals surface area (Å²) in [6, 6.07) is 0. The van der Waals surface area contributed by atoms with Crippen LogP contribution in [0.3, 0.4) is 0 Å². The molecule has 0 aromatic rings. The van der Waals surface area contributed by atoms with E-state index >= 15 is 0 Å². The first kappa shape index (κ1) is 12.2. The third-order valence-corrected chi connectivity index (χ3v) is 4.06. The summed E-state index contributed by atoms with van der Waals surface area (Å²) in [5.74, 6) is 0.459. The highest BCUT2D eigenvalue weighted by Crippen LogP contribution is 2.18. The molecule has 0 amide bonds. The minimum Gasteiger partial charge on any atom is -0.379 e. The zero-order chi connectivity index (χ0) is 10.7. The van der Waals surface area contributed by atoms with Crippen molar-refractivity contribution in [3.8, 4) is 0 Å². The van der Waals surface area contributed by atoms with E-state index in [-0.39, 0.29) is 5.75 Å². The predicted molar refractivity (Wildman–Crippen MR) is 56.1 cm³/mol. The standard InChI is InChI=1S/C8H16ClNO3S/c1-8(3-5-13-7-8)10-14(11,12)6-2-4-9/h10H,2-7H2,1H3. The number of hydrogen-bond acceptors (Lipinski definition) is 3. The Bertz CT molecular complexity index is 272. The lowest BCUT2D eigenvalue weighted by molar-refractivity contribution is 0.178. The first-order valence-corrected chi connectivity index (χ1v) is 6.81. The van der Waals surface area contributed by atoms with E-state index in [1.807, 2.05) is 6.92 Å². The lowest BCUT2D eigenvalue weighted by Gasteiger charge is -2.22. The van der Waals surface area contributed by atoms with Gasteiger partial charge in [-0.05, 0) is 19.8 Å². The number of alkyl halides is 1.